The highest BCUT2D eigenvalue weighted by molar-refractivity contribution is 5.93. The van der Waals surface area contributed by atoms with Gasteiger partial charge in [-0.25, -0.2) is 0 Å². The van der Waals surface area contributed by atoms with Gasteiger partial charge in [-0.3, -0.25) is 19.8 Å². The minimum atomic E-state index is -0.667. The molecule has 1 fully saturated rings. The number of amides is 1. The van der Waals surface area contributed by atoms with Crippen LogP contribution in [0.1, 0.15) is 28.8 Å². The fourth-order valence-corrected chi connectivity index (χ4v) is 2.50. The summed E-state index contributed by atoms with van der Waals surface area (Å²) in [5, 5.41) is 11.1. The lowest BCUT2D eigenvalue weighted by atomic mass is 10.0. The number of nitrogens with two attached hydrogens (primary N) is 2. The molecule has 0 spiro atoms. The summed E-state index contributed by atoms with van der Waals surface area (Å²) in [6, 6.07) is 4.47. The number of carbonyl (C=O) groups excluding carboxylic acids is 1. The standard InChI is InChI=1S/C13H18N4O3/c14-11-2-1-5-16(8-11)7-10-4-3-9(13(15)18)6-12(10)17(19)20/h3-4,6,11H,1-2,5,7-8,14H2,(H2,15,18)/t11-/m1/s1. The molecule has 0 bridgehead atoms. The van der Waals surface area contributed by atoms with Crippen molar-refractivity contribution >= 4 is 11.6 Å². The van der Waals surface area contributed by atoms with E-state index >= 15 is 0 Å². The molecular weight excluding hydrogens is 260 g/mol. The molecular formula is C13H18N4O3. The van der Waals surface area contributed by atoms with Gasteiger partial charge >= 0.3 is 0 Å². The number of primary amides is 1. The van der Waals surface area contributed by atoms with Crippen LogP contribution in [0, 0.1) is 10.1 Å². The van der Waals surface area contributed by atoms with Crippen LogP contribution in [0.4, 0.5) is 5.69 Å². The Kier molecular flexibility index (Phi) is 4.31. The number of hydrogen-bond donors (Lipinski definition) is 2. The molecule has 1 aromatic carbocycles. The maximum atomic E-state index is 11.1. The fourth-order valence-electron chi connectivity index (χ4n) is 2.50. The van der Waals surface area contributed by atoms with Crippen LogP contribution in [-0.2, 0) is 6.54 Å². The van der Waals surface area contributed by atoms with Gasteiger partial charge in [-0.05, 0) is 25.5 Å². The van der Waals surface area contributed by atoms with Crippen LogP contribution >= 0.6 is 0 Å². The number of benzene rings is 1. The average molecular weight is 278 g/mol. The van der Waals surface area contributed by atoms with E-state index < -0.39 is 10.8 Å². The Labute approximate surface area is 116 Å². The number of nitro groups is 1. The van der Waals surface area contributed by atoms with Gasteiger partial charge in [0.25, 0.3) is 5.69 Å². The van der Waals surface area contributed by atoms with Crippen LogP contribution < -0.4 is 11.5 Å². The Morgan fingerprint density at radius 2 is 2.25 bits per heavy atom. The molecule has 1 aliphatic heterocycles. The Hall–Kier alpha value is -1.99. The van der Waals surface area contributed by atoms with Gasteiger partial charge in [-0.2, -0.15) is 0 Å². The largest absolute Gasteiger partial charge is 0.366 e. The van der Waals surface area contributed by atoms with E-state index in [1.165, 1.54) is 12.1 Å². The van der Waals surface area contributed by atoms with Gasteiger partial charge in [-0.15, -0.1) is 0 Å². The van der Waals surface area contributed by atoms with Gasteiger partial charge in [0.15, 0.2) is 0 Å². The number of rotatable bonds is 4. The molecule has 108 valence electrons. The third-order valence-corrected chi connectivity index (χ3v) is 3.50. The van der Waals surface area contributed by atoms with Crippen LogP contribution in [0.2, 0.25) is 0 Å². The number of nitrogens with zero attached hydrogens (tertiary/aromatic N) is 2. The predicted molar refractivity (Wildman–Crippen MR) is 74.1 cm³/mol. The molecule has 4 N–H and O–H groups in total. The van der Waals surface area contributed by atoms with Crippen molar-refractivity contribution in [2.75, 3.05) is 13.1 Å². The van der Waals surface area contributed by atoms with E-state index in [4.69, 9.17) is 11.5 Å². The highest BCUT2D eigenvalue weighted by atomic mass is 16.6. The number of piperidine rings is 1. The molecule has 0 unspecified atom stereocenters. The third-order valence-electron chi connectivity index (χ3n) is 3.50. The van der Waals surface area contributed by atoms with Gasteiger partial charge in [-0.1, -0.05) is 6.07 Å². The van der Waals surface area contributed by atoms with Crippen molar-refractivity contribution < 1.29 is 9.72 Å². The van der Waals surface area contributed by atoms with E-state index in [-0.39, 0.29) is 17.3 Å². The van der Waals surface area contributed by atoms with Crippen LogP contribution in [0.5, 0.6) is 0 Å². The summed E-state index contributed by atoms with van der Waals surface area (Å²) in [4.78, 5) is 23.8. The first kappa shape index (κ1) is 14.4. The predicted octanol–water partition coefficient (Wildman–Crippen LogP) is 0.617. The van der Waals surface area contributed by atoms with Gasteiger partial charge < -0.3 is 11.5 Å². The van der Waals surface area contributed by atoms with E-state index in [0.29, 0.717) is 12.1 Å². The molecule has 0 aliphatic carbocycles. The fraction of sp³-hybridized carbons (Fsp3) is 0.462. The highest BCUT2D eigenvalue weighted by Gasteiger charge is 2.21. The molecule has 0 radical (unpaired) electrons. The van der Waals surface area contributed by atoms with Crippen molar-refractivity contribution in [1.82, 2.24) is 4.90 Å². The van der Waals surface area contributed by atoms with Crippen molar-refractivity contribution in [1.29, 1.82) is 0 Å². The minimum absolute atomic E-state index is 0.0690. The summed E-state index contributed by atoms with van der Waals surface area (Å²) in [5.74, 6) is -0.667. The van der Waals surface area contributed by atoms with Crippen molar-refractivity contribution in [3.63, 3.8) is 0 Å². The Morgan fingerprint density at radius 3 is 2.85 bits per heavy atom. The number of nitro benzene ring substituents is 1. The maximum absolute atomic E-state index is 11.1. The summed E-state index contributed by atoms with van der Waals surface area (Å²) in [7, 11) is 0. The zero-order valence-electron chi connectivity index (χ0n) is 11.1. The number of carbonyl (C=O) groups is 1. The first-order valence-corrected chi connectivity index (χ1v) is 6.52. The lowest BCUT2D eigenvalue weighted by Gasteiger charge is -2.30. The molecule has 1 amide bonds. The molecule has 1 aliphatic rings. The van der Waals surface area contributed by atoms with E-state index in [2.05, 4.69) is 4.90 Å². The van der Waals surface area contributed by atoms with Crippen LogP contribution in [0.3, 0.4) is 0 Å². The normalized spacial score (nSPS) is 19.8. The SMILES string of the molecule is NC(=O)c1ccc(CN2CCC[C@@H](N)C2)c([N+](=O)[O-])c1. The molecule has 2 rings (SSSR count). The molecule has 1 aromatic rings. The first-order valence-electron chi connectivity index (χ1n) is 6.52. The lowest BCUT2D eigenvalue weighted by molar-refractivity contribution is -0.385. The van der Waals surface area contributed by atoms with Crippen LogP contribution in [0.15, 0.2) is 18.2 Å². The van der Waals surface area contributed by atoms with Gasteiger partial charge in [0.2, 0.25) is 5.91 Å². The van der Waals surface area contributed by atoms with Gasteiger partial charge in [0.1, 0.15) is 0 Å². The summed E-state index contributed by atoms with van der Waals surface area (Å²) in [6.07, 6.45) is 1.98. The molecule has 20 heavy (non-hydrogen) atoms. The van der Waals surface area contributed by atoms with Crippen LogP contribution in [-0.4, -0.2) is 34.9 Å². The van der Waals surface area contributed by atoms with E-state index in [1.54, 1.807) is 6.07 Å². The summed E-state index contributed by atoms with van der Waals surface area (Å²) >= 11 is 0. The maximum Gasteiger partial charge on any atom is 0.274 e. The number of likely N-dealkylation sites (tertiary alicyclic amines) is 1. The first-order chi connectivity index (χ1) is 9.47. The minimum Gasteiger partial charge on any atom is -0.366 e. The summed E-state index contributed by atoms with van der Waals surface area (Å²) < 4.78 is 0. The van der Waals surface area contributed by atoms with Crippen molar-refractivity contribution in [2.24, 2.45) is 11.5 Å². The van der Waals surface area contributed by atoms with Crippen molar-refractivity contribution in [2.45, 2.75) is 25.4 Å². The summed E-state index contributed by atoms with van der Waals surface area (Å²) in [6.45, 7) is 2.07. The van der Waals surface area contributed by atoms with E-state index in [1.807, 2.05) is 0 Å². The second kappa shape index (κ2) is 5.98. The van der Waals surface area contributed by atoms with Gasteiger partial charge in [0.05, 0.1) is 4.92 Å². The molecule has 0 saturated carbocycles. The summed E-state index contributed by atoms with van der Waals surface area (Å²) in [5.41, 5.74) is 11.7. The molecule has 1 saturated heterocycles. The monoisotopic (exact) mass is 278 g/mol. The average Bonchev–Trinajstić information content (AvgIpc) is 2.38. The van der Waals surface area contributed by atoms with E-state index in [9.17, 15) is 14.9 Å². The molecule has 7 heteroatoms. The van der Waals surface area contributed by atoms with Crippen molar-refractivity contribution in [3.05, 3.63) is 39.4 Å². The smallest absolute Gasteiger partial charge is 0.274 e. The Bertz CT molecular complexity index is 532. The molecule has 1 heterocycles. The molecule has 0 aromatic heterocycles. The quantitative estimate of drug-likeness (QED) is 0.618. The zero-order valence-corrected chi connectivity index (χ0v) is 11.1. The zero-order chi connectivity index (χ0) is 14.7. The topological polar surface area (TPSA) is 115 Å². The molecule has 7 nitrogen and oxygen atoms in total. The number of hydrogen-bond acceptors (Lipinski definition) is 5. The van der Waals surface area contributed by atoms with Crippen LogP contribution in [0.25, 0.3) is 0 Å². The highest BCUT2D eigenvalue weighted by Crippen LogP contribution is 2.23. The second-order valence-electron chi connectivity index (χ2n) is 5.10. The Morgan fingerprint density at radius 1 is 1.50 bits per heavy atom. The lowest BCUT2D eigenvalue weighted by Crippen LogP contribution is -2.42. The van der Waals surface area contributed by atoms with E-state index in [0.717, 1.165) is 25.9 Å². The molecule has 1 atom stereocenters. The van der Waals surface area contributed by atoms with Gasteiger partial charge in [0, 0.05) is 36.3 Å². The Balaban J connectivity index is 2.22. The van der Waals surface area contributed by atoms with Crippen molar-refractivity contribution in [3.8, 4) is 0 Å². The second-order valence-corrected chi connectivity index (χ2v) is 5.10. The third kappa shape index (κ3) is 3.31.